The molecular weight excluding hydrogens is 236 g/mol. The Morgan fingerprint density at radius 2 is 1.83 bits per heavy atom. The highest BCUT2D eigenvalue weighted by atomic mass is 16.5. The van der Waals surface area contributed by atoms with Gasteiger partial charge in [-0.15, -0.1) is 5.10 Å². The van der Waals surface area contributed by atoms with Gasteiger partial charge in [-0.1, -0.05) is 12.1 Å². The van der Waals surface area contributed by atoms with Crippen LogP contribution in [-0.2, 0) is 0 Å². The van der Waals surface area contributed by atoms with Crippen molar-refractivity contribution in [2.45, 2.75) is 0 Å². The first-order valence-electron chi connectivity index (χ1n) is 5.15. The molecule has 2 aromatic rings. The Morgan fingerprint density at radius 3 is 2.50 bits per heavy atom. The van der Waals surface area contributed by atoms with Gasteiger partial charge in [-0.05, 0) is 12.1 Å². The highest BCUT2D eigenvalue weighted by Crippen LogP contribution is 2.39. The van der Waals surface area contributed by atoms with Crippen LogP contribution in [0.5, 0.6) is 28.9 Å². The second-order valence-electron chi connectivity index (χ2n) is 3.32. The van der Waals surface area contributed by atoms with Crippen LogP contribution < -0.4 is 14.2 Å². The van der Waals surface area contributed by atoms with Crippen LogP contribution >= 0.6 is 0 Å². The van der Waals surface area contributed by atoms with Gasteiger partial charge in [0.25, 0.3) is 5.88 Å². The van der Waals surface area contributed by atoms with E-state index in [4.69, 9.17) is 14.2 Å². The quantitative estimate of drug-likeness (QED) is 0.891. The molecule has 94 valence electrons. The summed E-state index contributed by atoms with van der Waals surface area (Å²) < 4.78 is 15.7. The zero-order valence-electron chi connectivity index (χ0n) is 9.95. The van der Waals surface area contributed by atoms with E-state index in [0.29, 0.717) is 5.75 Å². The van der Waals surface area contributed by atoms with Gasteiger partial charge >= 0.3 is 0 Å². The van der Waals surface area contributed by atoms with Crippen LogP contribution in [0.4, 0.5) is 0 Å². The van der Waals surface area contributed by atoms with Crippen LogP contribution in [0.1, 0.15) is 0 Å². The van der Waals surface area contributed by atoms with Crippen LogP contribution in [0.15, 0.2) is 30.5 Å². The topological polar surface area (TPSA) is 73.7 Å². The number of aromatic hydroxyl groups is 1. The van der Waals surface area contributed by atoms with E-state index in [0.717, 1.165) is 0 Å². The predicted molar refractivity (Wildman–Crippen MR) is 63.3 cm³/mol. The number of aromatic nitrogens is 2. The number of ether oxygens (including phenoxy) is 3. The van der Waals surface area contributed by atoms with Gasteiger partial charge in [0.05, 0.1) is 20.4 Å². The number of rotatable bonds is 4. The first-order valence-corrected chi connectivity index (χ1v) is 5.15. The van der Waals surface area contributed by atoms with Crippen LogP contribution in [0.3, 0.4) is 0 Å². The average molecular weight is 248 g/mol. The van der Waals surface area contributed by atoms with E-state index in [1.807, 2.05) is 0 Å². The molecule has 1 aromatic carbocycles. The molecule has 0 aliphatic rings. The van der Waals surface area contributed by atoms with Gasteiger partial charge in [-0.25, -0.2) is 0 Å². The normalized spacial score (nSPS) is 9.89. The Morgan fingerprint density at radius 1 is 1.06 bits per heavy atom. The van der Waals surface area contributed by atoms with Gasteiger partial charge in [0, 0.05) is 0 Å². The molecule has 0 aliphatic carbocycles. The Bertz CT molecular complexity index is 523. The van der Waals surface area contributed by atoms with Crippen LogP contribution in [0.2, 0.25) is 0 Å². The minimum Gasteiger partial charge on any atom is -0.504 e. The van der Waals surface area contributed by atoms with Crippen molar-refractivity contribution in [1.82, 2.24) is 10.2 Å². The molecule has 0 amide bonds. The molecule has 2 rings (SSSR count). The molecule has 0 saturated carbocycles. The van der Waals surface area contributed by atoms with Crippen LogP contribution in [0, 0.1) is 0 Å². The molecule has 18 heavy (non-hydrogen) atoms. The lowest BCUT2D eigenvalue weighted by Crippen LogP contribution is -1.98. The number of para-hydroxylation sites is 2. The van der Waals surface area contributed by atoms with E-state index in [9.17, 15) is 5.11 Å². The zero-order chi connectivity index (χ0) is 13.0. The fourth-order valence-corrected chi connectivity index (χ4v) is 1.37. The van der Waals surface area contributed by atoms with Gasteiger partial charge in [-0.3, -0.25) is 0 Å². The monoisotopic (exact) mass is 248 g/mol. The van der Waals surface area contributed by atoms with Crippen molar-refractivity contribution in [1.29, 1.82) is 0 Å². The van der Waals surface area contributed by atoms with Crippen LogP contribution in [0.25, 0.3) is 0 Å². The van der Waals surface area contributed by atoms with Gasteiger partial charge < -0.3 is 19.3 Å². The molecular formula is C12H12N2O4. The molecule has 6 heteroatoms. The summed E-state index contributed by atoms with van der Waals surface area (Å²) >= 11 is 0. The summed E-state index contributed by atoms with van der Waals surface area (Å²) in [6.07, 6.45) is 1.40. The first-order chi connectivity index (χ1) is 8.76. The average Bonchev–Trinajstić information content (AvgIpc) is 2.41. The lowest BCUT2D eigenvalue weighted by molar-refractivity contribution is 0.323. The number of methoxy groups -OCH3 is 2. The molecule has 0 radical (unpaired) electrons. The molecule has 0 saturated heterocycles. The SMILES string of the molecule is COc1cnnc(OC)c1Oc1ccccc1O. The van der Waals surface area contributed by atoms with E-state index in [2.05, 4.69) is 10.2 Å². The summed E-state index contributed by atoms with van der Waals surface area (Å²) in [5, 5.41) is 17.1. The van der Waals surface area contributed by atoms with Crippen molar-refractivity contribution >= 4 is 0 Å². The summed E-state index contributed by atoms with van der Waals surface area (Å²) in [6.45, 7) is 0. The number of hydrogen-bond donors (Lipinski definition) is 1. The van der Waals surface area contributed by atoms with Crippen molar-refractivity contribution in [2.24, 2.45) is 0 Å². The van der Waals surface area contributed by atoms with Gasteiger partial charge in [0.2, 0.25) is 5.75 Å². The fraction of sp³-hybridized carbons (Fsp3) is 0.167. The number of phenols is 1. The van der Waals surface area contributed by atoms with Gasteiger partial charge in [0.1, 0.15) is 0 Å². The Labute approximate surface area is 104 Å². The number of phenolic OH excluding ortho intramolecular Hbond substituents is 1. The van der Waals surface area contributed by atoms with E-state index in [1.54, 1.807) is 18.2 Å². The number of hydrogen-bond acceptors (Lipinski definition) is 6. The molecule has 1 heterocycles. The van der Waals surface area contributed by atoms with E-state index in [-0.39, 0.29) is 23.1 Å². The maximum absolute atomic E-state index is 9.66. The molecule has 0 spiro atoms. The Hall–Kier alpha value is -2.50. The summed E-state index contributed by atoms with van der Waals surface area (Å²) in [5.41, 5.74) is 0. The summed E-state index contributed by atoms with van der Waals surface area (Å²) in [5.74, 6) is 1.10. The van der Waals surface area contributed by atoms with Crippen molar-refractivity contribution in [2.75, 3.05) is 14.2 Å². The Balaban J connectivity index is 2.42. The van der Waals surface area contributed by atoms with Crippen molar-refractivity contribution in [3.8, 4) is 28.9 Å². The third kappa shape index (κ3) is 2.27. The van der Waals surface area contributed by atoms with Gasteiger partial charge in [-0.2, -0.15) is 5.10 Å². The van der Waals surface area contributed by atoms with Crippen molar-refractivity contribution in [3.63, 3.8) is 0 Å². The number of nitrogens with zero attached hydrogens (tertiary/aromatic N) is 2. The summed E-state index contributed by atoms with van der Waals surface area (Å²) in [6, 6.07) is 6.57. The molecule has 0 bridgehead atoms. The number of benzene rings is 1. The second kappa shape index (κ2) is 5.22. The lowest BCUT2D eigenvalue weighted by Gasteiger charge is -2.12. The minimum absolute atomic E-state index is 0.0124. The molecule has 1 N–H and O–H groups in total. The Kier molecular flexibility index (Phi) is 3.47. The van der Waals surface area contributed by atoms with E-state index in [1.165, 1.54) is 26.5 Å². The predicted octanol–water partition coefficient (Wildman–Crippen LogP) is 1.99. The molecule has 1 aromatic heterocycles. The summed E-state index contributed by atoms with van der Waals surface area (Å²) in [4.78, 5) is 0. The van der Waals surface area contributed by atoms with Crippen molar-refractivity contribution in [3.05, 3.63) is 30.5 Å². The maximum Gasteiger partial charge on any atom is 0.280 e. The highest BCUT2D eigenvalue weighted by Gasteiger charge is 2.16. The van der Waals surface area contributed by atoms with Crippen LogP contribution in [-0.4, -0.2) is 29.5 Å². The molecule has 0 atom stereocenters. The maximum atomic E-state index is 9.66. The first kappa shape index (κ1) is 12.0. The van der Waals surface area contributed by atoms with E-state index >= 15 is 0 Å². The summed E-state index contributed by atoms with van der Waals surface area (Å²) in [7, 11) is 2.93. The smallest absolute Gasteiger partial charge is 0.280 e. The third-order valence-corrected chi connectivity index (χ3v) is 2.23. The van der Waals surface area contributed by atoms with Gasteiger partial charge in [0.15, 0.2) is 17.2 Å². The minimum atomic E-state index is 0.0124. The molecule has 0 aliphatic heterocycles. The molecule has 0 unspecified atom stereocenters. The van der Waals surface area contributed by atoms with Crippen molar-refractivity contribution < 1.29 is 19.3 Å². The molecule has 0 fully saturated rings. The second-order valence-corrected chi connectivity index (χ2v) is 3.32. The zero-order valence-corrected chi connectivity index (χ0v) is 9.95. The highest BCUT2D eigenvalue weighted by molar-refractivity contribution is 5.50. The standard InChI is InChI=1S/C12H12N2O4/c1-16-10-7-13-14-12(17-2)11(10)18-9-6-4-3-5-8(9)15/h3-7,15H,1-2H3. The lowest BCUT2D eigenvalue weighted by atomic mass is 10.3. The third-order valence-electron chi connectivity index (χ3n) is 2.23. The van der Waals surface area contributed by atoms with E-state index < -0.39 is 0 Å². The largest absolute Gasteiger partial charge is 0.504 e. The molecule has 6 nitrogen and oxygen atoms in total. The fourth-order valence-electron chi connectivity index (χ4n) is 1.37.